The first-order valence-corrected chi connectivity index (χ1v) is 8.99. The van der Waals surface area contributed by atoms with E-state index in [1.54, 1.807) is 5.56 Å². The Hall–Kier alpha value is -1.56. The predicted octanol–water partition coefficient (Wildman–Crippen LogP) is 6.60. The number of rotatable bonds is 4. The highest BCUT2D eigenvalue weighted by atomic mass is 14.3. The average Bonchev–Trinajstić information content (AvgIpc) is 2.62. The molecular weight excluding hydrogens is 264 g/mol. The van der Waals surface area contributed by atoms with E-state index in [1.807, 2.05) is 0 Å². The second-order valence-corrected chi connectivity index (χ2v) is 6.80. The zero-order chi connectivity index (χ0) is 15.4. The van der Waals surface area contributed by atoms with E-state index < -0.39 is 0 Å². The van der Waals surface area contributed by atoms with Crippen molar-refractivity contribution in [3.63, 3.8) is 0 Å². The fourth-order valence-electron chi connectivity index (χ4n) is 3.78. The fraction of sp³-hybridized carbons (Fsp3) is 0.455. The molecule has 0 aromatic heterocycles. The Morgan fingerprint density at radius 2 is 1.27 bits per heavy atom. The molecular formula is C22H28. The Bertz CT molecular complexity index is 568. The monoisotopic (exact) mass is 292 g/mol. The Labute approximate surface area is 135 Å². The van der Waals surface area contributed by atoms with Crippen molar-refractivity contribution in [3.8, 4) is 11.1 Å². The Balaban J connectivity index is 1.69. The molecule has 0 atom stereocenters. The van der Waals surface area contributed by atoms with Crippen LogP contribution < -0.4 is 0 Å². The molecule has 0 unspecified atom stereocenters. The van der Waals surface area contributed by atoms with Crippen molar-refractivity contribution in [2.45, 2.75) is 58.3 Å². The van der Waals surface area contributed by atoms with Gasteiger partial charge in [0.1, 0.15) is 0 Å². The van der Waals surface area contributed by atoms with Crippen LogP contribution in [0.3, 0.4) is 0 Å². The molecule has 2 aromatic rings. The molecule has 0 saturated heterocycles. The maximum absolute atomic E-state index is 2.36. The maximum atomic E-state index is 2.36. The van der Waals surface area contributed by atoms with Crippen LogP contribution in [0.1, 0.15) is 63.0 Å². The zero-order valence-electron chi connectivity index (χ0n) is 14.0. The van der Waals surface area contributed by atoms with Crippen LogP contribution in [-0.4, -0.2) is 0 Å². The van der Waals surface area contributed by atoms with Crippen molar-refractivity contribution in [1.82, 2.24) is 0 Å². The fourth-order valence-corrected chi connectivity index (χ4v) is 3.78. The summed E-state index contributed by atoms with van der Waals surface area (Å²) in [6.07, 6.45) is 8.06. The Morgan fingerprint density at radius 1 is 0.727 bits per heavy atom. The molecule has 0 heteroatoms. The smallest absolute Gasteiger partial charge is 0.0162 e. The van der Waals surface area contributed by atoms with Gasteiger partial charge in [0.15, 0.2) is 0 Å². The van der Waals surface area contributed by atoms with Crippen LogP contribution in [0.15, 0.2) is 48.5 Å². The van der Waals surface area contributed by atoms with E-state index >= 15 is 0 Å². The lowest BCUT2D eigenvalue weighted by Crippen LogP contribution is -2.12. The van der Waals surface area contributed by atoms with Crippen LogP contribution in [0, 0.1) is 5.92 Å². The van der Waals surface area contributed by atoms with E-state index in [0.717, 1.165) is 18.3 Å². The van der Waals surface area contributed by atoms with Crippen LogP contribution in [0.2, 0.25) is 0 Å². The second-order valence-electron chi connectivity index (χ2n) is 6.80. The van der Waals surface area contributed by atoms with E-state index in [1.165, 1.54) is 48.8 Å². The van der Waals surface area contributed by atoms with E-state index in [4.69, 9.17) is 0 Å². The summed E-state index contributed by atoms with van der Waals surface area (Å²) in [7, 11) is 0. The number of aryl methyl sites for hydroxylation is 1. The topological polar surface area (TPSA) is 0 Å². The van der Waals surface area contributed by atoms with Gasteiger partial charge in [-0.05, 0) is 66.2 Å². The molecule has 0 spiro atoms. The third kappa shape index (κ3) is 3.43. The van der Waals surface area contributed by atoms with E-state index in [2.05, 4.69) is 62.4 Å². The van der Waals surface area contributed by atoms with Gasteiger partial charge in [-0.3, -0.25) is 0 Å². The van der Waals surface area contributed by atoms with Gasteiger partial charge in [0.2, 0.25) is 0 Å². The summed E-state index contributed by atoms with van der Waals surface area (Å²) >= 11 is 0. The first kappa shape index (κ1) is 15.3. The molecule has 1 aliphatic rings. The van der Waals surface area contributed by atoms with Gasteiger partial charge in [-0.25, -0.2) is 0 Å². The highest BCUT2D eigenvalue weighted by Gasteiger charge is 2.21. The lowest BCUT2D eigenvalue weighted by Gasteiger charge is -2.28. The van der Waals surface area contributed by atoms with Crippen molar-refractivity contribution < 1.29 is 0 Å². The van der Waals surface area contributed by atoms with Gasteiger partial charge in [-0.2, -0.15) is 0 Å². The van der Waals surface area contributed by atoms with Crippen molar-refractivity contribution in [1.29, 1.82) is 0 Å². The van der Waals surface area contributed by atoms with Crippen LogP contribution in [0.4, 0.5) is 0 Å². The molecule has 2 aromatic carbocycles. The molecule has 0 N–H and O–H groups in total. The highest BCUT2D eigenvalue weighted by Crippen LogP contribution is 2.37. The summed E-state index contributed by atoms with van der Waals surface area (Å²) in [5.41, 5.74) is 5.63. The number of benzene rings is 2. The molecule has 0 radical (unpaired) electrons. The van der Waals surface area contributed by atoms with E-state index in [9.17, 15) is 0 Å². The highest BCUT2D eigenvalue weighted by molar-refractivity contribution is 5.64. The molecule has 1 saturated carbocycles. The van der Waals surface area contributed by atoms with Gasteiger partial charge in [0.05, 0.1) is 0 Å². The minimum atomic E-state index is 0.791. The van der Waals surface area contributed by atoms with Crippen LogP contribution in [0.5, 0.6) is 0 Å². The van der Waals surface area contributed by atoms with Crippen molar-refractivity contribution >= 4 is 0 Å². The molecule has 22 heavy (non-hydrogen) atoms. The second kappa shape index (κ2) is 7.13. The third-order valence-corrected chi connectivity index (χ3v) is 5.50. The molecule has 1 fully saturated rings. The first-order valence-electron chi connectivity index (χ1n) is 8.99. The average molecular weight is 292 g/mol. The summed E-state index contributed by atoms with van der Waals surface area (Å²) in [4.78, 5) is 0. The van der Waals surface area contributed by atoms with E-state index in [-0.39, 0.29) is 0 Å². The third-order valence-electron chi connectivity index (χ3n) is 5.50. The predicted molar refractivity (Wildman–Crippen MR) is 96.2 cm³/mol. The lowest BCUT2D eigenvalue weighted by molar-refractivity contribution is 0.319. The molecule has 0 aliphatic heterocycles. The van der Waals surface area contributed by atoms with Crippen molar-refractivity contribution in [2.75, 3.05) is 0 Å². The number of hydrogen-bond acceptors (Lipinski definition) is 0. The van der Waals surface area contributed by atoms with Gasteiger partial charge in [0, 0.05) is 0 Å². The minimum Gasteiger partial charge on any atom is -0.0651 e. The van der Waals surface area contributed by atoms with E-state index in [0.29, 0.717) is 0 Å². The molecule has 1 aliphatic carbocycles. The molecule has 0 nitrogen and oxygen atoms in total. The van der Waals surface area contributed by atoms with Crippen LogP contribution in [0.25, 0.3) is 11.1 Å². The molecule has 116 valence electrons. The van der Waals surface area contributed by atoms with Crippen LogP contribution >= 0.6 is 0 Å². The quantitative estimate of drug-likeness (QED) is 0.595. The first-order chi connectivity index (χ1) is 10.8. The van der Waals surface area contributed by atoms with Gasteiger partial charge in [0.25, 0.3) is 0 Å². The standard InChI is InChI=1S/C22H28/c1-3-17-5-9-19(10-6-17)21-13-15-22(16-14-21)20-11-7-18(4-2)8-12-20/h5-6,9-10,13-16,18,20H,3-4,7-8,11-12H2,1-2H3. The maximum Gasteiger partial charge on any atom is -0.0162 e. The molecule has 0 amide bonds. The minimum absolute atomic E-state index is 0.791. The largest absolute Gasteiger partial charge is 0.0651 e. The summed E-state index contributed by atoms with van der Waals surface area (Å²) in [5.74, 6) is 1.77. The Morgan fingerprint density at radius 3 is 1.77 bits per heavy atom. The van der Waals surface area contributed by atoms with Crippen molar-refractivity contribution in [2.24, 2.45) is 5.92 Å². The lowest BCUT2D eigenvalue weighted by atomic mass is 9.77. The summed E-state index contributed by atoms with van der Waals surface area (Å²) < 4.78 is 0. The van der Waals surface area contributed by atoms with Gasteiger partial charge in [-0.1, -0.05) is 68.8 Å². The normalized spacial score (nSPS) is 21.7. The summed E-state index contributed by atoms with van der Waals surface area (Å²) in [5, 5.41) is 0. The molecule has 0 bridgehead atoms. The Kier molecular flexibility index (Phi) is 4.97. The van der Waals surface area contributed by atoms with Crippen LogP contribution in [-0.2, 0) is 6.42 Å². The summed E-state index contributed by atoms with van der Waals surface area (Å²) in [6, 6.07) is 18.3. The summed E-state index contributed by atoms with van der Waals surface area (Å²) in [6.45, 7) is 4.54. The zero-order valence-corrected chi connectivity index (χ0v) is 14.0. The molecule has 3 rings (SSSR count). The van der Waals surface area contributed by atoms with Gasteiger partial charge < -0.3 is 0 Å². The molecule has 0 heterocycles. The van der Waals surface area contributed by atoms with Crippen molar-refractivity contribution in [3.05, 3.63) is 59.7 Å². The SMILES string of the molecule is CCc1ccc(-c2ccc(C3CCC(CC)CC3)cc2)cc1. The van der Waals surface area contributed by atoms with Gasteiger partial charge in [-0.15, -0.1) is 0 Å². The number of hydrogen-bond donors (Lipinski definition) is 0. The van der Waals surface area contributed by atoms with Gasteiger partial charge >= 0.3 is 0 Å².